The lowest BCUT2D eigenvalue weighted by molar-refractivity contribution is -0.141. The van der Waals surface area contributed by atoms with Gasteiger partial charge in [-0.2, -0.15) is 0 Å². The zero-order valence-electron chi connectivity index (χ0n) is 15.4. The molecule has 0 spiro atoms. The molecule has 1 amide bonds. The average Bonchev–Trinajstić information content (AvgIpc) is 2.63. The topological polar surface area (TPSA) is 65.1 Å². The van der Waals surface area contributed by atoms with Crippen LogP contribution in [0.3, 0.4) is 0 Å². The lowest BCUT2D eigenvalue weighted by Gasteiger charge is -2.19. The minimum atomic E-state index is -0.325. The van der Waals surface area contributed by atoms with Crippen LogP contribution in [0.25, 0.3) is 6.08 Å². The summed E-state index contributed by atoms with van der Waals surface area (Å²) in [6, 6.07) is 5.48. The summed E-state index contributed by atoms with van der Waals surface area (Å²) in [6.07, 6.45) is 4.23. The fraction of sp³-hybridized carbons (Fsp3) is 0.474. The molecule has 0 aliphatic heterocycles. The largest absolute Gasteiger partial charge is 0.493 e. The molecule has 0 saturated carbocycles. The Balaban J connectivity index is 2.79. The van der Waals surface area contributed by atoms with E-state index in [9.17, 15) is 9.59 Å². The van der Waals surface area contributed by atoms with Crippen LogP contribution in [0.4, 0.5) is 0 Å². The van der Waals surface area contributed by atoms with Crippen LogP contribution in [0.15, 0.2) is 24.3 Å². The number of nitrogens with zero attached hydrogens (tertiary/aromatic N) is 1. The third kappa shape index (κ3) is 6.87. The van der Waals surface area contributed by atoms with Gasteiger partial charge in [-0.05, 0) is 37.1 Å². The lowest BCUT2D eigenvalue weighted by Crippen LogP contribution is -2.32. The first-order chi connectivity index (χ1) is 12.0. The number of ether oxygens (including phenoxy) is 3. The summed E-state index contributed by atoms with van der Waals surface area (Å²) in [5.41, 5.74) is 0.832. The molecule has 0 aliphatic carbocycles. The summed E-state index contributed by atoms with van der Waals surface area (Å²) < 4.78 is 15.4. The molecule has 0 heterocycles. The monoisotopic (exact) mass is 349 g/mol. The SMILES string of the molecule is CCCN(CCC(=O)OC)C(=O)/C=C/c1ccc(OCC)c(OC)c1. The molecule has 0 aliphatic rings. The van der Waals surface area contributed by atoms with Crippen LogP contribution < -0.4 is 9.47 Å². The predicted molar refractivity (Wildman–Crippen MR) is 96.7 cm³/mol. The lowest BCUT2D eigenvalue weighted by atomic mass is 10.2. The Hall–Kier alpha value is -2.50. The molecule has 0 aromatic heterocycles. The molecule has 1 aromatic rings. The number of esters is 1. The fourth-order valence-corrected chi connectivity index (χ4v) is 2.27. The van der Waals surface area contributed by atoms with Gasteiger partial charge in [-0.3, -0.25) is 9.59 Å². The van der Waals surface area contributed by atoms with E-state index in [4.69, 9.17) is 9.47 Å². The van der Waals surface area contributed by atoms with Crippen molar-refractivity contribution in [3.8, 4) is 11.5 Å². The Labute approximate surface area is 149 Å². The van der Waals surface area contributed by atoms with Gasteiger partial charge in [0.15, 0.2) is 11.5 Å². The van der Waals surface area contributed by atoms with Crippen LogP contribution >= 0.6 is 0 Å². The number of benzene rings is 1. The summed E-state index contributed by atoms with van der Waals surface area (Å²) in [5.74, 6) is 0.819. The molecule has 0 unspecified atom stereocenters. The van der Waals surface area contributed by atoms with E-state index >= 15 is 0 Å². The first-order valence-electron chi connectivity index (χ1n) is 8.40. The van der Waals surface area contributed by atoms with E-state index in [1.54, 1.807) is 18.1 Å². The Morgan fingerprint density at radius 2 is 1.88 bits per heavy atom. The number of carbonyl (C=O) groups excluding carboxylic acids is 2. The predicted octanol–water partition coefficient (Wildman–Crippen LogP) is 2.91. The quantitative estimate of drug-likeness (QED) is 0.480. The van der Waals surface area contributed by atoms with Gasteiger partial charge >= 0.3 is 5.97 Å². The highest BCUT2D eigenvalue weighted by atomic mass is 16.5. The Morgan fingerprint density at radius 3 is 2.48 bits per heavy atom. The third-order valence-electron chi connectivity index (χ3n) is 3.52. The first-order valence-corrected chi connectivity index (χ1v) is 8.40. The molecule has 6 heteroatoms. The molecule has 0 radical (unpaired) electrons. The highest BCUT2D eigenvalue weighted by Gasteiger charge is 2.12. The maximum atomic E-state index is 12.4. The highest BCUT2D eigenvalue weighted by molar-refractivity contribution is 5.92. The molecule has 0 saturated heterocycles. The zero-order valence-corrected chi connectivity index (χ0v) is 15.4. The zero-order chi connectivity index (χ0) is 18.7. The summed E-state index contributed by atoms with van der Waals surface area (Å²) >= 11 is 0. The van der Waals surface area contributed by atoms with E-state index in [2.05, 4.69) is 4.74 Å². The molecular weight excluding hydrogens is 322 g/mol. The minimum Gasteiger partial charge on any atom is -0.493 e. The maximum absolute atomic E-state index is 12.4. The minimum absolute atomic E-state index is 0.140. The summed E-state index contributed by atoms with van der Waals surface area (Å²) in [5, 5.41) is 0. The summed E-state index contributed by atoms with van der Waals surface area (Å²) in [7, 11) is 2.92. The first kappa shape index (κ1) is 20.5. The van der Waals surface area contributed by atoms with Gasteiger partial charge in [-0.15, -0.1) is 0 Å². The van der Waals surface area contributed by atoms with Gasteiger partial charge in [0, 0.05) is 19.2 Å². The second kappa shape index (κ2) is 11.1. The molecule has 0 fully saturated rings. The number of methoxy groups -OCH3 is 2. The van der Waals surface area contributed by atoms with Crippen LogP contribution in [0.2, 0.25) is 0 Å². The van der Waals surface area contributed by atoms with Crippen molar-refractivity contribution >= 4 is 18.0 Å². The molecule has 1 rings (SSSR count). The molecule has 0 N–H and O–H groups in total. The Bertz CT molecular complexity index is 597. The normalized spacial score (nSPS) is 10.6. The van der Waals surface area contributed by atoms with E-state index in [0.29, 0.717) is 31.2 Å². The van der Waals surface area contributed by atoms with E-state index < -0.39 is 0 Å². The summed E-state index contributed by atoms with van der Waals surface area (Å²) in [4.78, 5) is 25.3. The van der Waals surface area contributed by atoms with Crippen LogP contribution in [-0.2, 0) is 14.3 Å². The standard InChI is InChI=1S/C19H27NO5/c1-5-12-20(13-11-19(22)24-4)18(21)10-8-15-7-9-16(25-6-2)17(14-15)23-3/h7-10,14H,5-6,11-13H2,1-4H3/b10-8+. The number of amides is 1. The van der Waals surface area contributed by atoms with Crippen LogP contribution in [-0.4, -0.2) is 50.7 Å². The molecule has 0 bridgehead atoms. The Kier molecular flexibility index (Phi) is 9.14. The van der Waals surface area contributed by atoms with Gasteiger partial charge in [0.1, 0.15) is 0 Å². The molecular formula is C19H27NO5. The fourth-order valence-electron chi connectivity index (χ4n) is 2.27. The molecule has 25 heavy (non-hydrogen) atoms. The second-order valence-corrected chi connectivity index (χ2v) is 5.33. The Morgan fingerprint density at radius 1 is 1.12 bits per heavy atom. The number of hydrogen-bond donors (Lipinski definition) is 0. The average molecular weight is 349 g/mol. The van der Waals surface area contributed by atoms with Gasteiger partial charge in [-0.1, -0.05) is 13.0 Å². The maximum Gasteiger partial charge on any atom is 0.307 e. The molecule has 1 aromatic carbocycles. The van der Waals surface area contributed by atoms with Crippen LogP contribution in [0.1, 0.15) is 32.3 Å². The van der Waals surface area contributed by atoms with Crippen molar-refractivity contribution in [1.29, 1.82) is 0 Å². The number of hydrogen-bond acceptors (Lipinski definition) is 5. The van der Waals surface area contributed by atoms with Crippen LogP contribution in [0.5, 0.6) is 11.5 Å². The summed E-state index contributed by atoms with van der Waals surface area (Å²) in [6.45, 7) is 5.38. The van der Waals surface area contributed by atoms with Crippen molar-refractivity contribution in [2.45, 2.75) is 26.7 Å². The van der Waals surface area contributed by atoms with Gasteiger partial charge in [0.2, 0.25) is 5.91 Å². The van der Waals surface area contributed by atoms with Gasteiger partial charge < -0.3 is 19.1 Å². The van der Waals surface area contributed by atoms with E-state index in [-0.39, 0.29) is 18.3 Å². The van der Waals surface area contributed by atoms with Crippen molar-refractivity contribution in [3.05, 3.63) is 29.8 Å². The van der Waals surface area contributed by atoms with E-state index in [1.165, 1.54) is 13.2 Å². The van der Waals surface area contributed by atoms with E-state index in [1.807, 2.05) is 32.0 Å². The van der Waals surface area contributed by atoms with Crippen molar-refractivity contribution < 1.29 is 23.8 Å². The van der Waals surface area contributed by atoms with Crippen molar-refractivity contribution in [2.75, 3.05) is 33.9 Å². The van der Waals surface area contributed by atoms with Crippen molar-refractivity contribution in [3.63, 3.8) is 0 Å². The smallest absolute Gasteiger partial charge is 0.307 e. The molecule has 138 valence electrons. The highest BCUT2D eigenvalue weighted by Crippen LogP contribution is 2.28. The number of carbonyl (C=O) groups is 2. The van der Waals surface area contributed by atoms with Crippen molar-refractivity contribution in [1.82, 2.24) is 4.90 Å². The second-order valence-electron chi connectivity index (χ2n) is 5.33. The molecule has 0 atom stereocenters. The van der Waals surface area contributed by atoms with Crippen molar-refractivity contribution in [2.24, 2.45) is 0 Å². The molecule has 6 nitrogen and oxygen atoms in total. The van der Waals surface area contributed by atoms with Gasteiger partial charge in [-0.25, -0.2) is 0 Å². The van der Waals surface area contributed by atoms with E-state index in [0.717, 1.165) is 12.0 Å². The van der Waals surface area contributed by atoms with Crippen LogP contribution in [0, 0.1) is 0 Å². The third-order valence-corrected chi connectivity index (χ3v) is 3.52. The van der Waals surface area contributed by atoms with Gasteiger partial charge in [0.05, 0.1) is 27.2 Å². The number of rotatable bonds is 10. The van der Waals surface area contributed by atoms with Gasteiger partial charge in [0.25, 0.3) is 0 Å².